The van der Waals surface area contributed by atoms with Gasteiger partial charge in [0.1, 0.15) is 12.4 Å². The Balaban J connectivity index is 1.70. The summed E-state index contributed by atoms with van der Waals surface area (Å²) in [7, 11) is -3.25. The Morgan fingerprint density at radius 3 is 2.78 bits per heavy atom. The molecule has 0 aromatic heterocycles. The minimum atomic E-state index is -3.25. The van der Waals surface area contributed by atoms with Gasteiger partial charge in [-0.1, -0.05) is 18.2 Å². The van der Waals surface area contributed by atoms with Crippen molar-refractivity contribution in [2.24, 2.45) is 0 Å². The average molecular weight is 341 g/mol. The van der Waals surface area contributed by atoms with E-state index in [-0.39, 0.29) is 12.1 Å². The van der Waals surface area contributed by atoms with Crippen LogP contribution < -0.4 is 14.8 Å². The molecule has 23 heavy (non-hydrogen) atoms. The quantitative estimate of drug-likeness (QED) is 0.749. The molecule has 1 saturated heterocycles. The zero-order valence-corrected chi connectivity index (χ0v) is 14.0. The number of nitrogens with one attached hydrogen (secondary N) is 2. The first kappa shape index (κ1) is 17.6. The second-order valence-electron chi connectivity index (χ2n) is 5.57. The summed E-state index contributed by atoms with van der Waals surface area (Å²) in [5, 5.41) is 2.79. The van der Waals surface area contributed by atoms with Crippen molar-refractivity contribution in [2.45, 2.75) is 18.9 Å². The molecule has 2 rings (SSSR count). The van der Waals surface area contributed by atoms with Crippen LogP contribution >= 0.6 is 0 Å². The Hall–Kier alpha value is -1.80. The van der Waals surface area contributed by atoms with Gasteiger partial charge in [0.15, 0.2) is 0 Å². The Morgan fingerprint density at radius 2 is 2.09 bits per heavy atom. The average Bonchev–Trinajstić information content (AvgIpc) is 2.51. The molecule has 128 valence electrons. The van der Waals surface area contributed by atoms with E-state index in [4.69, 9.17) is 4.74 Å². The van der Waals surface area contributed by atoms with E-state index in [1.54, 1.807) is 4.90 Å². The van der Waals surface area contributed by atoms with Gasteiger partial charge >= 0.3 is 6.03 Å². The van der Waals surface area contributed by atoms with Crippen molar-refractivity contribution in [3.8, 4) is 5.75 Å². The molecular formula is C15H23N3O4S. The molecule has 0 saturated carbocycles. The van der Waals surface area contributed by atoms with Crippen LogP contribution in [-0.2, 0) is 10.0 Å². The van der Waals surface area contributed by atoms with E-state index in [1.165, 1.54) is 0 Å². The fraction of sp³-hybridized carbons (Fsp3) is 0.533. The number of ether oxygens (including phenoxy) is 1. The third kappa shape index (κ3) is 6.45. The lowest BCUT2D eigenvalue weighted by atomic mass is 10.1. The van der Waals surface area contributed by atoms with Crippen LogP contribution in [0.4, 0.5) is 4.79 Å². The van der Waals surface area contributed by atoms with E-state index in [0.29, 0.717) is 26.2 Å². The van der Waals surface area contributed by atoms with Gasteiger partial charge in [-0.2, -0.15) is 0 Å². The smallest absolute Gasteiger partial charge is 0.317 e. The number of hydrogen-bond donors (Lipinski definition) is 2. The highest BCUT2D eigenvalue weighted by atomic mass is 32.2. The van der Waals surface area contributed by atoms with Crippen molar-refractivity contribution in [1.82, 2.24) is 14.9 Å². The highest BCUT2D eigenvalue weighted by Crippen LogP contribution is 2.11. The van der Waals surface area contributed by atoms with E-state index < -0.39 is 10.0 Å². The second kappa shape index (κ2) is 8.16. The lowest BCUT2D eigenvalue weighted by Crippen LogP contribution is -2.52. The van der Waals surface area contributed by atoms with Crippen molar-refractivity contribution in [1.29, 1.82) is 0 Å². The van der Waals surface area contributed by atoms with Crippen LogP contribution in [0.2, 0.25) is 0 Å². The number of para-hydroxylation sites is 1. The fourth-order valence-corrected chi connectivity index (χ4v) is 3.31. The van der Waals surface area contributed by atoms with E-state index in [0.717, 1.165) is 24.8 Å². The standard InChI is InChI=1S/C15H23N3O4S/c1-23(20,21)17-13-6-5-10-18(12-13)15(19)16-9-11-22-14-7-3-2-4-8-14/h2-4,7-8,13,17H,5-6,9-12H2,1H3,(H,16,19)/t13-/m0/s1. The summed E-state index contributed by atoms with van der Waals surface area (Å²) in [5.74, 6) is 0.761. The highest BCUT2D eigenvalue weighted by molar-refractivity contribution is 7.88. The van der Waals surface area contributed by atoms with Gasteiger partial charge in [-0.3, -0.25) is 0 Å². The molecule has 0 bridgehead atoms. The molecule has 1 aromatic carbocycles. The van der Waals surface area contributed by atoms with Gasteiger partial charge in [0.2, 0.25) is 10.0 Å². The molecule has 1 aliphatic heterocycles. The number of nitrogens with zero attached hydrogens (tertiary/aromatic N) is 1. The Kier molecular flexibility index (Phi) is 6.23. The highest BCUT2D eigenvalue weighted by Gasteiger charge is 2.25. The van der Waals surface area contributed by atoms with Crippen molar-refractivity contribution < 1.29 is 17.9 Å². The third-order valence-corrected chi connectivity index (χ3v) is 4.24. The Labute approximate surface area is 137 Å². The molecule has 2 amide bonds. The zero-order chi connectivity index (χ0) is 16.7. The lowest BCUT2D eigenvalue weighted by molar-refractivity contribution is 0.175. The van der Waals surface area contributed by atoms with Crippen molar-refractivity contribution >= 4 is 16.1 Å². The first-order chi connectivity index (χ1) is 10.9. The van der Waals surface area contributed by atoms with Crippen LogP contribution in [0, 0.1) is 0 Å². The third-order valence-electron chi connectivity index (χ3n) is 3.48. The number of carbonyl (C=O) groups excluding carboxylic acids is 1. The maximum Gasteiger partial charge on any atom is 0.317 e. The predicted octanol–water partition coefficient (Wildman–Crippen LogP) is 0.789. The lowest BCUT2D eigenvalue weighted by Gasteiger charge is -2.32. The van der Waals surface area contributed by atoms with Gasteiger partial charge < -0.3 is 15.0 Å². The van der Waals surface area contributed by atoms with Crippen LogP contribution in [0.25, 0.3) is 0 Å². The number of urea groups is 1. The van der Waals surface area contributed by atoms with E-state index in [2.05, 4.69) is 10.0 Å². The van der Waals surface area contributed by atoms with Crippen LogP contribution in [-0.4, -0.2) is 57.9 Å². The van der Waals surface area contributed by atoms with Gasteiger partial charge in [-0.15, -0.1) is 0 Å². The normalized spacial score (nSPS) is 18.5. The predicted molar refractivity (Wildman–Crippen MR) is 87.9 cm³/mol. The number of rotatable bonds is 6. The van der Waals surface area contributed by atoms with Crippen LogP contribution in [0.1, 0.15) is 12.8 Å². The first-order valence-electron chi connectivity index (χ1n) is 7.62. The maximum absolute atomic E-state index is 12.1. The van der Waals surface area contributed by atoms with Crippen LogP contribution in [0.15, 0.2) is 30.3 Å². The second-order valence-corrected chi connectivity index (χ2v) is 7.35. The number of benzene rings is 1. The van der Waals surface area contributed by atoms with Gasteiger partial charge in [0.05, 0.1) is 12.8 Å². The minimum Gasteiger partial charge on any atom is -0.492 e. The van der Waals surface area contributed by atoms with Crippen molar-refractivity contribution in [2.75, 3.05) is 32.5 Å². The minimum absolute atomic E-state index is 0.193. The molecule has 0 unspecified atom stereocenters. The summed E-state index contributed by atoms with van der Waals surface area (Å²) in [5.41, 5.74) is 0. The van der Waals surface area contributed by atoms with Gasteiger partial charge in [0.25, 0.3) is 0 Å². The van der Waals surface area contributed by atoms with Crippen molar-refractivity contribution in [3.63, 3.8) is 0 Å². The molecule has 0 aliphatic carbocycles. The van der Waals surface area contributed by atoms with Gasteiger partial charge in [-0.25, -0.2) is 17.9 Å². The monoisotopic (exact) mass is 341 g/mol. The van der Waals surface area contributed by atoms with Crippen LogP contribution in [0.3, 0.4) is 0 Å². The molecule has 1 fully saturated rings. The molecule has 1 aromatic rings. The SMILES string of the molecule is CS(=O)(=O)N[C@H]1CCCN(C(=O)NCCOc2ccccc2)C1. The molecule has 8 heteroatoms. The van der Waals surface area contributed by atoms with Crippen LogP contribution in [0.5, 0.6) is 5.75 Å². The molecule has 0 radical (unpaired) electrons. The zero-order valence-electron chi connectivity index (χ0n) is 13.2. The van der Waals surface area contributed by atoms with Gasteiger partial charge in [-0.05, 0) is 25.0 Å². The summed E-state index contributed by atoms with van der Waals surface area (Å²) in [6.07, 6.45) is 2.65. The number of carbonyl (C=O) groups is 1. The topological polar surface area (TPSA) is 87.7 Å². The molecule has 2 N–H and O–H groups in total. The summed E-state index contributed by atoms with van der Waals surface area (Å²) in [6, 6.07) is 8.98. The fourth-order valence-electron chi connectivity index (χ4n) is 2.52. The molecule has 0 spiro atoms. The van der Waals surface area contributed by atoms with Gasteiger partial charge in [0, 0.05) is 19.1 Å². The number of sulfonamides is 1. The summed E-state index contributed by atoms with van der Waals surface area (Å²) < 4.78 is 30.6. The molecule has 1 aliphatic rings. The number of amides is 2. The number of piperidine rings is 1. The summed E-state index contributed by atoms with van der Waals surface area (Å²) >= 11 is 0. The Bertz CT molecular complexity index is 606. The Morgan fingerprint density at radius 1 is 1.35 bits per heavy atom. The van der Waals surface area contributed by atoms with E-state index >= 15 is 0 Å². The van der Waals surface area contributed by atoms with E-state index in [9.17, 15) is 13.2 Å². The summed E-state index contributed by atoms with van der Waals surface area (Å²) in [6.45, 7) is 1.80. The first-order valence-corrected chi connectivity index (χ1v) is 9.51. The van der Waals surface area contributed by atoms with E-state index in [1.807, 2.05) is 30.3 Å². The molecule has 1 atom stereocenters. The molecule has 1 heterocycles. The molecule has 7 nitrogen and oxygen atoms in total. The molecular weight excluding hydrogens is 318 g/mol. The summed E-state index contributed by atoms with van der Waals surface area (Å²) in [4.78, 5) is 13.7. The number of hydrogen-bond acceptors (Lipinski definition) is 4. The van der Waals surface area contributed by atoms with Crippen molar-refractivity contribution in [3.05, 3.63) is 30.3 Å². The largest absolute Gasteiger partial charge is 0.492 e. The number of likely N-dealkylation sites (tertiary alicyclic amines) is 1. The maximum atomic E-state index is 12.1.